The van der Waals surface area contributed by atoms with Gasteiger partial charge in [0.2, 0.25) is 0 Å². The standard InChI is InChI=1S/C14H19NO4/c1-10(13(17)15-14(9-16)7-8-14)19-12-5-3-11(18-2)4-6-12/h3-6,10,16H,7-9H2,1-2H3,(H,15,17). The normalized spacial score (nSPS) is 17.4. The third kappa shape index (κ3) is 3.38. The number of hydrogen-bond acceptors (Lipinski definition) is 4. The van der Waals surface area contributed by atoms with Crippen LogP contribution in [-0.2, 0) is 4.79 Å². The molecule has 19 heavy (non-hydrogen) atoms. The van der Waals surface area contributed by atoms with Gasteiger partial charge in [0.25, 0.3) is 5.91 Å². The van der Waals surface area contributed by atoms with E-state index < -0.39 is 11.6 Å². The molecular formula is C14H19NO4. The molecule has 0 saturated heterocycles. The molecule has 1 fully saturated rings. The Morgan fingerprint density at radius 3 is 2.42 bits per heavy atom. The molecule has 1 atom stereocenters. The van der Waals surface area contributed by atoms with Crippen molar-refractivity contribution < 1.29 is 19.4 Å². The quantitative estimate of drug-likeness (QED) is 0.808. The summed E-state index contributed by atoms with van der Waals surface area (Å²) in [7, 11) is 1.59. The third-order valence-electron chi connectivity index (χ3n) is 3.29. The lowest BCUT2D eigenvalue weighted by Gasteiger charge is -2.19. The summed E-state index contributed by atoms with van der Waals surface area (Å²) in [5.41, 5.74) is -0.408. The third-order valence-corrected chi connectivity index (χ3v) is 3.29. The van der Waals surface area contributed by atoms with Gasteiger partial charge in [0, 0.05) is 0 Å². The molecule has 0 aromatic heterocycles. The first-order valence-electron chi connectivity index (χ1n) is 6.32. The summed E-state index contributed by atoms with van der Waals surface area (Å²) in [4.78, 5) is 11.9. The molecule has 1 aliphatic carbocycles. The van der Waals surface area contributed by atoms with Crippen molar-refractivity contribution in [3.8, 4) is 11.5 Å². The number of benzene rings is 1. The molecule has 5 nitrogen and oxygen atoms in total. The molecule has 1 unspecified atom stereocenters. The number of hydrogen-bond donors (Lipinski definition) is 2. The summed E-state index contributed by atoms with van der Waals surface area (Å²) in [6.07, 6.45) is 1.05. The molecule has 1 aliphatic rings. The Hall–Kier alpha value is -1.75. The van der Waals surface area contributed by atoms with Crippen molar-refractivity contribution in [3.05, 3.63) is 24.3 Å². The van der Waals surface area contributed by atoms with Crippen molar-refractivity contribution in [1.29, 1.82) is 0 Å². The highest BCUT2D eigenvalue weighted by Crippen LogP contribution is 2.34. The zero-order valence-corrected chi connectivity index (χ0v) is 11.2. The summed E-state index contributed by atoms with van der Waals surface area (Å²) < 4.78 is 10.6. The average Bonchev–Trinajstić information content (AvgIpc) is 3.20. The van der Waals surface area contributed by atoms with E-state index in [9.17, 15) is 4.79 Å². The van der Waals surface area contributed by atoms with E-state index in [0.717, 1.165) is 18.6 Å². The smallest absolute Gasteiger partial charge is 0.261 e. The molecule has 0 spiro atoms. The minimum Gasteiger partial charge on any atom is -0.497 e. The summed E-state index contributed by atoms with van der Waals surface area (Å²) in [5, 5.41) is 12.0. The first kappa shape index (κ1) is 13.7. The van der Waals surface area contributed by atoms with Crippen molar-refractivity contribution in [2.45, 2.75) is 31.4 Å². The Labute approximate surface area is 112 Å². The van der Waals surface area contributed by atoms with Crippen LogP contribution in [-0.4, -0.2) is 36.4 Å². The summed E-state index contributed by atoms with van der Waals surface area (Å²) >= 11 is 0. The van der Waals surface area contributed by atoms with E-state index in [1.54, 1.807) is 38.3 Å². The van der Waals surface area contributed by atoms with Crippen LogP contribution in [0.15, 0.2) is 24.3 Å². The second-order valence-electron chi connectivity index (χ2n) is 4.86. The molecule has 0 radical (unpaired) electrons. The van der Waals surface area contributed by atoms with Gasteiger partial charge >= 0.3 is 0 Å². The Morgan fingerprint density at radius 2 is 1.95 bits per heavy atom. The van der Waals surface area contributed by atoms with E-state index >= 15 is 0 Å². The Balaban J connectivity index is 1.88. The van der Waals surface area contributed by atoms with Gasteiger partial charge in [-0.15, -0.1) is 0 Å². The summed E-state index contributed by atoms with van der Waals surface area (Å²) in [5.74, 6) is 1.14. The second kappa shape index (κ2) is 5.48. The van der Waals surface area contributed by atoms with Crippen molar-refractivity contribution >= 4 is 5.91 Å². The maximum absolute atomic E-state index is 11.9. The number of carbonyl (C=O) groups excluding carboxylic acids is 1. The maximum atomic E-state index is 11.9. The molecule has 2 N–H and O–H groups in total. The lowest BCUT2D eigenvalue weighted by molar-refractivity contribution is -0.128. The molecule has 1 aromatic carbocycles. The van der Waals surface area contributed by atoms with Gasteiger partial charge in [-0.3, -0.25) is 4.79 Å². The highest BCUT2D eigenvalue weighted by atomic mass is 16.5. The van der Waals surface area contributed by atoms with Crippen molar-refractivity contribution in [3.63, 3.8) is 0 Å². The minimum atomic E-state index is -0.600. The maximum Gasteiger partial charge on any atom is 0.261 e. The van der Waals surface area contributed by atoms with Crippen molar-refractivity contribution in [1.82, 2.24) is 5.32 Å². The number of nitrogens with one attached hydrogen (secondary N) is 1. The monoisotopic (exact) mass is 265 g/mol. The number of methoxy groups -OCH3 is 1. The average molecular weight is 265 g/mol. The van der Waals surface area contributed by atoms with Crippen LogP contribution in [0.25, 0.3) is 0 Å². The molecule has 1 amide bonds. The Morgan fingerprint density at radius 1 is 1.37 bits per heavy atom. The molecule has 1 aromatic rings. The topological polar surface area (TPSA) is 67.8 Å². The van der Waals surface area contributed by atoms with Crippen LogP contribution in [0.3, 0.4) is 0 Å². The second-order valence-corrected chi connectivity index (χ2v) is 4.86. The Kier molecular flexibility index (Phi) is 3.95. The van der Waals surface area contributed by atoms with Gasteiger partial charge in [0.05, 0.1) is 19.3 Å². The summed E-state index contributed by atoms with van der Waals surface area (Å²) in [6.45, 7) is 1.67. The van der Waals surface area contributed by atoms with E-state index in [0.29, 0.717) is 5.75 Å². The van der Waals surface area contributed by atoms with Gasteiger partial charge in [0.1, 0.15) is 11.5 Å². The molecule has 104 valence electrons. The molecule has 1 saturated carbocycles. The first-order chi connectivity index (χ1) is 9.08. The van der Waals surface area contributed by atoms with Gasteiger partial charge in [-0.05, 0) is 44.0 Å². The van der Waals surface area contributed by atoms with E-state index in [4.69, 9.17) is 14.6 Å². The van der Waals surface area contributed by atoms with Crippen LogP contribution in [0.5, 0.6) is 11.5 Å². The van der Waals surface area contributed by atoms with E-state index in [-0.39, 0.29) is 12.5 Å². The molecule has 0 bridgehead atoms. The molecular weight excluding hydrogens is 246 g/mol. The molecule has 5 heteroatoms. The minimum absolute atomic E-state index is 0.0198. The van der Waals surface area contributed by atoms with Crippen molar-refractivity contribution in [2.75, 3.05) is 13.7 Å². The number of ether oxygens (including phenoxy) is 2. The highest BCUT2D eigenvalue weighted by Gasteiger charge is 2.44. The number of aliphatic hydroxyl groups excluding tert-OH is 1. The molecule has 0 heterocycles. The van der Waals surface area contributed by atoms with Gasteiger partial charge < -0.3 is 19.9 Å². The highest BCUT2D eigenvalue weighted by molar-refractivity contribution is 5.81. The SMILES string of the molecule is COc1ccc(OC(C)C(=O)NC2(CO)CC2)cc1. The molecule has 2 rings (SSSR count). The van der Waals surface area contributed by atoms with Crippen LogP contribution in [0, 0.1) is 0 Å². The van der Waals surface area contributed by atoms with E-state index in [1.165, 1.54) is 0 Å². The first-order valence-corrected chi connectivity index (χ1v) is 6.32. The van der Waals surface area contributed by atoms with E-state index in [2.05, 4.69) is 5.32 Å². The number of carbonyl (C=O) groups is 1. The summed E-state index contributed by atoms with van der Waals surface area (Å²) in [6, 6.07) is 7.05. The Bertz CT molecular complexity index is 439. The molecule has 0 aliphatic heterocycles. The lowest BCUT2D eigenvalue weighted by Crippen LogP contribution is -2.45. The van der Waals surface area contributed by atoms with E-state index in [1.807, 2.05) is 0 Å². The number of rotatable bonds is 6. The van der Waals surface area contributed by atoms with Gasteiger partial charge in [0.15, 0.2) is 6.10 Å². The lowest BCUT2D eigenvalue weighted by atomic mass is 10.2. The number of amides is 1. The fourth-order valence-corrected chi connectivity index (χ4v) is 1.75. The largest absolute Gasteiger partial charge is 0.497 e. The van der Waals surface area contributed by atoms with Crippen LogP contribution >= 0.6 is 0 Å². The van der Waals surface area contributed by atoms with Crippen LogP contribution in [0.4, 0.5) is 0 Å². The van der Waals surface area contributed by atoms with Crippen LogP contribution in [0.1, 0.15) is 19.8 Å². The van der Waals surface area contributed by atoms with Crippen LogP contribution < -0.4 is 14.8 Å². The van der Waals surface area contributed by atoms with Gasteiger partial charge in [-0.2, -0.15) is 0 Å². The predicted octanol–water partition coefficient (Wildman–Crippen LogP) is 1.10. The number of aliphatic hydroxyl groups is 1. The van der Waals surface area contributed by atoms with Crippen molar-refractivity contribution in [2.24, 2.45) is 0 Å². The zero-order chi connectivity index (χ0) is 13.9. The predicted molar refractivity (Wildman–Crippen MR) is 70.3 cm³/mol. The van der Waals surface area contributed by atoms with Crippen LogP contribution in [0.2, 0.25) is 0 Å². The fourth-order valence-electron chi connectivity index (χ4n) is 1.75. The van der Waals surface area contributed by atoms with Gasteiger partial charge in [-0.25, -0.2) is 0 Å². The fraction of sp³-hybridized carbons (Fsp3) is 0.500. The zero-order valence-electron chi connectivity index (χ0n) is 11.2. The van der Waals surface area contributed by atoms with Gasteiger partial charge in [-0.1, -0.05) is 0 Å².